The molecule has 6 heteroatoms. The second-order valence-corrected chi connectivity index (χ2v) is 7.13. The van der Waals surface area contributed by atoms with Gasteiger partial charge in [-0.2, -0.15) is 0 Å². The number of allylic oxidation sites excluding steroid dienone is 1. The molecule has 6 nitrogen and oxygen atoms in total. The number of nitrogens with zero attached hydrogens (tertiary/aromatic N) is 1. The van der Waals surface area contributed by atoms with Gasteiger partial charge in [0.1, 0.15) is 0 Å². The Labute approximate surface area is 147 Å². The van der Waals surface area contributed by atoms with Crippen LogP contribution in [-0.2, 0) is 22.5 Å². The summed E-state index contributed by atoms with van der Waals surface area (Å²) < 4.78 is 7.39. The highest BCUT2D eigenvalue weighted by atomic mass is 16.5. The zero-order chi connectivity index (χ0) is 18.0. The first-order valence-corrected chi connectivity index (χ1v) is 8.98. The van der Waals surface area contributed by atoms with Crippen LogP contribution in [0.3, 0.4) is 0 Å². The van der Waals surface area contributed by atoms with E-state index in [0.29, 0.717) is 30.0 Å². The van der Waals surface area contributed by atoms with Gasteiger partial charge in [0.2, 0.25) is 0 Å². The Morgan fingerprint density at radius 3 is 2.68 bits per heavy atom. The molecule has 2 aliphatic heterocycles. The summed E-state index contributed by atoms with van der Waals surface area (Å²) in [5.41, 5.74) is 2.12. The lowest BCUT2D eigenvalue weighted by molar-refractivity contribution is -0.118. The minimum Gasteiger partial charge on any atom is -0.478 e. The minimum absolute atomic E-state index is 0.144. The molecule has 136 valence electrons. The van der Waals surface area contributed by atoms with Gasteiger partial charge in [-0.15, -0.1) is 0 Å². The highest BCUT2D eigenvalue weighted by Crippen LogP contribution is 2.29. The third kappa shape index (κ3) is 3.49. The monoisotopic (exact) mass is 346 g/mol. The van der Waals surface area contributed by atoms with Gasteiger partial charge in [0.25, 0.3) is 5.91 Å². The van der Waals surface area contributed by atoms with E-state index < -0.39 is 5.97 Å². The van der Waals surface area contributed by atoms with E-state index in [2.05, 4.69) is 5.32 Å². The van der Waals surface area contributed by atoms with Crippen molar-refractivity contribution in [1.29, 1.82) is 0 Å². The molecule has 0 bridgehead atoms. The van der Waals surface area contributed by atoms with Crippen molar-refractivity contribution in [2.24, 2.45) is 0 Å². The van der Waals surface area contributed by atoms with Gasteiger partial charge in [-0.1, -0.05) is 6.08 Å². The molecule has 0 atom stereocenters. The van der Waals surface area contributed by atoms with Gasteiger partial charge in [-0.3, -0.25) is 4.79 Å². The van der Waals surface area contributed by atoms with Gasteiger partial charge in [0, 0.05) is 31.0 Å². The summed E-state index contributed by atoms with van der Waals surface area (Å²) in [7, 11) is 0. The zero-order valence-electron chi connectivity index (χ0n) is 14.9. The Morgan fingerprint density at radius 1 is 1.32 bits per heavy atom. The largest absolute Gasteiger partial charge is 0.478 e. The van der Waals surface area contributed by atoms with Crippen LogP contribution in [0.25, 0.3) is 5.57 Å². The molecule has 0 radical (unpaired) electrons. The number of carboxylic acid groups (broad SMARTS) is 1. The molecular formula is C19H26N2O4. The maximum atomic E-state index is 12.9. The first kappa shape index (κ1) is 17.7. The maximum absolute atomic E-state index is 12.9. The lowest BCUT2D eigenvalue weighted by Crippen LogP contribution is -2.49. The van der Waals surface area contributed by atoms with Gasteiger partial charge in [-0.05, 0) is 52.0 Å². The number of rotatable bonds is 4. The fourth-order valence-corrected chi connectivity index (χ4v) is 3.77. The SMILES string of the molecule is C/C=C(\C(=O)NC1(C)CCOCC1)c1cc(C(=O)O)c2n1CCCC2. The number of hydrogen-bond acceptors (Lipinski definition) is 3. The molecule has 0 spiro atoms. The number of fused-ring (bicyclic) bond motifs is 1. The van der Waals surface area contributed by atoms with Crippen LogP contribution in [0.4, 0.5) is 0 Å². The molecule has 0 aromatic carbocycles. The molecule has 0 saturated carbocycles. The summed E-state index contributed by atoms with van der Waals surface area (Å²) in [5, 5.41) is 12.6. The predicted octanol–water partition coefficient (Wildman–Crippen LogP) is 2.61. The van der Waals surface area contributed by atoms with E-state index in [0.717, 1.165) is 44.3 Å². The van der Waals surface area contributed by atoms with Crippen molar-refractivity contribution < 1.29 is 19.4 Å². The van der Waals surface area contributed by atoms with Crippen molar-refractivity contribution in [2.75, 3.05) is 13.2 Å². The summed E-state index contributed by atoms with van der Waals surface area (Å²) in [4.78, 5) is 24.5. The van der Waals surface area contributed by atoms with E-state index in [1.54, 1.807) is 12.1 Å². The summed E-state index contributed by atoms with van der Waals surface area (Å²) in [5.74, 6) is -1.07. The second kappa shape index (κ2) is 7.04. The number of aromatic nitrogens is 1. The van der Waals surface area contributed by atoms with Crippen molar-refractivity contribution in [3.05, 3.63) is 29.1 Å². The van der Waals surface area contributed by atoms with E-state index in [1.807, 2.05) is 18.4 Å². The van der Waals surface area contributed by atoms with E-state index in [-0.39, 0.29) is 11.4 Å². The number of amides is 1. The molecule has 3 heterocycles. The van der Waals surface area contributed by atoms with Crippen molar-refractivity contribution in [3.8, 4) is 0 Å². The minimum atomic E-state index is -0.927. The van der Waals surface area contributed by atoms with Crippen LogP contribution in [0.2, 0.25) is 0 Å². The molecule has 3 rings (SSSR count). The lowest BCUT2D eigenvalue weighted by atomic mass is 9.92. The number of ether oxygens (including phenoxy) is 1. The second-order valence-electron chi connectivity index (χ2n) is 7.13. The molecule has 1 fully saturated rings. The third-order valence-corrected chi connectivity index (χ3v) is 5.31. The van der Waals surface area contributed by atoms with E-state index in [1.165, 1.54) is 0 Å². The number of hydrogen-bond donors (Lipinski definition) is 2. The quantitative estimate of drug-likeness (QED) is 0.821. The molecule has 0 unspecified atom stereocenters. The lowest BCUT2D eigenvalue weighted by Gasteiger charge is -2.34. The summed E-state index contributed by atoms with van der Waals surface area (Å²) >= 11 is 0. The fourth-order valence-electron chi connectivity index (χ4n) is 3.77. The van der Waals surface area contributed by atoms with Crippen LogP contribution in [-0.4, -0.2) is 40.3 Å². The molecule has 0 aliphatic carbocycles. The Balaban J connectivity index is 1.91. The van der Waals surface area contributed by atoms with Crippen LogP contribution in [0.1, 0.15) is 61.3 Å². The highest BCUT2D eigenvalue weighted by molar-refractivity contribution is 6.19. The predicted molar refractivity (Wildman–Crippen MR) is 94.6 cm³/mol. The molecule has 1 saturated heterocycles. The standard InChI is InChI=1S/C19H26N2O4/c1-3-13(17(22)20-19(2)7-10-25-11-8-19)16-12-14(18(23)24)15-6-4-5-9-21(15)16/h3,12H,4-11H2,1-2H3,(H,20,22)(H,23,24)/b13-3-. The smallest absolute Gasteiger partial charge is 0.337 e. The van der Waals surface area contributed by atoms with Gasteiger partial charge in [0.15, 0.2) is 0 Å². The average molecular weight is 346 g/mol. The van der Waals surface area contributed by atoms with E-state index >= 15 is 0 Å². The van der Waals surface area contributed by atoms with Crippen LogP contribution in [0, 0.1) is 0 Å². The van der Waals surface area contributed by atoms with Crippen LogP contribution in [0.5, 0.6) is 0 Å². The maximum Gasteiger partial charge on any atom is 0.337 e. The number of carbonyl (C=O) groups excluding carboxylic acids is 1. The molecule has 1 aromatic rings. The van der Waals surface area contributed by atoms with Crippen LogP contribution >= 0.6 is 0 Å². The Bertz CT molecular complexity index is 711. The highest BCUT2D eigenvalue weighted by Gasteiger charge is 2.32. The van der Waals surface area contributed by atoms with Crippen LogP contribution in [0.15, 0.2) is 12.1 Å². The van der Waals surface area contributed by atoms with Crippen molar-refractivity contribution in [1.82, 2.24) is 9.88 Å². The number of carbonyl (C=O) groups is 2. The summed E-state index contributed by atoms with van der Waals surface area (Å²) in [6.07, 6.45) is 6.07. The van der Waals surface area contributed by atoms with Gasteiger partial charge < -0.3 is 19.7 Å². The van der Waals surface area contributed by atoms with E-state index in [9.17, 15) is 14.7 Å². The topological polar surface area (TPSA) is 80.6 Å². The van der Waals surface area contributed by atoms with Crippen LogP contribution < -0.4 is 5.32 Å². The van der Waals surface area contributed by atoms with Crippen molar-refractivity contribution >= 4 is 17.4 Å². The number of nitrogens with one attached hydrogen (secondary N) is 1. The molecule has 2 N–H and O–H groups in total. The molecule has 25 heavy (non-hydrogen) atoms. The number of carboxylic acids is 1. The van der Waals surface area contributed by atoms with Crippen molar-refractivity contribution in [2.45, 2.75) is 58.0 Å². The zero-order valence-corrected chi connectivity index (χ0v) is 14.9. The Hall–Kier alpha value is -2.08. The Morgan fingerprint density at radius 2 is 2.04 bits per heavy atom. The molecule has 1 amide bonds. The third-order valence-electron chi connectivity index (χ3n) is 5.31. The summed E-state index contributed by atoms with van der Waals surface area (Å²) in [6.45, 7) is 5.91. The van der Waals surface area contributed by atoms with E-state index in [4.69, 9.17) is 4.74 Å². The Kier molecular flexibility index (Phi) is 4.99. The van der Waals surface area contributed by atoms with Gasteiger partial charge >= 0.3 is 5.97 Å². The number of aromatic carboxylic acids is 1. The molecular weight excluding hydrogens is 320 g/mol. The van der Waals surface area contributed by atoms with Gasteiger partial charge in [0.05, 0.1) is 16.8 Å². The average Bonchev–Trinajstić information content (AvgIpc) is 2.96. The normalized spacial score (nSPS) is 20.0. The molecule has 2 aliphatic rings. The molecule has 1 aromatic heterocycles. The fraction of sp³-hybridized carbons (Fsp3) is 0.579. The van der Waals surface area contributed by atoms with Crippen molar-refractivity contribution in [3.63, 3.8) is 0 Å². The van der Waals surface area contributed by atoms with Gasteiger partial charge in [-0.25, -0.2) is 4.79 Å². The first-order valence-electron chi connectivity index (χ1n) is 8.98. The summed E-state index contributed by atoms with van der Waals surface area (Å²) in [6, 6.07) is 1.66. The first-order chi connectivity index (χ1) is 11.9.